The van der Waals surface area contributed by atoms with E-state index in [0.29, 0.717) is 31.4 Å². The number of carbonyl (C=O) groups excluding carboxylic acids is 3. The van der Waals surface area contributed by atoms with Crippen molar-refractivity contribution in [1.82, 2.24) is 14.8 Å². The Morgan fingerprint density at radius 1 is 1.06 bits per heavy atom. The molecule has 1 spiro atoms. The molecule has 0 radical (unpaired) electrons. The highest BCUT2D eigenvalue weighted by Crippen LogP contribution is 2.33. The van der Waals surface area contributed by atoms with Crippen LogP contribution in [0, 0.1) is 19.7 Å². The molecule has 2 aliphatic rings. The average Bonchev–Trinajstić information content (AvgIpc) is 3.22. The molecule has 2 aromatic carbocycles. The van der Waals surface area contributed by atoms with Crippen molar-refractivity contribution in [3.63, 3.8) is 0 Å². The number of imide groups is 1. The molecule has 1 saturated heterocycles. The summed E-state index contributed by atoms with van der Waals surface area (Å²) in [6, 6.07) is 15.5. The highest BCUT2D eigenvalue weighted by Gasteiger charge is 2.52. The molecule has 1 N–H and O–H groups in total. The SMILES string of the molecule is Cc1cc(C(=O)CN2C(=O)NC3(CCc4ccccc4C3)C2=O)c(C)n1Cc1ccc(F)cc1. The fourth-order valence-corrected chi connectivity index (χ4v) is 5.17. The lowest BCUT2D eigenvalue weighted by Crippen LogP contribution is -2.51. The van der Waals surface area contributed by atoms with Crippen LogP contribution in [-0.4, -0.2) is 39.3 Å². The third-order valence-electron chi connectivity index (χ3n) is 7.11. The topological polar surface area (TPSA) is 71.4 Å². The van der Waals surface area contributed by atoms with Crippen molar-refractivity contribution in [2.45, 2.75) is 45.2 Å². The third-order valence-corrected chi connectivity index (χ3v) is 7.11. The van der Waals surface area contributed by atoms with Gasteiger partial charge >= 0.3 is 6.03 Å². The average molecular weight is 460 g/mol. The number of urea groups is 1. The first-order valence-electron chi connectivity index (χ1n) is 11.4. The quantitative estimate of drug-likeness (QED) is 0.464. The smallest absolute Gasteiger partial charge is 0.325 e. The Balaban J connectivity index is 1.34. The summed E-state index contributed by atoms with van der Waals surface area (Å²) in [5, 5.41) is 2.88. The van der Waals surface area contributed by atoms with Gasteiger partial charge < -0.3 is 9.88 Å². The summed E-state index contributed by atoms with van der Waals surface area (Å²) in [5.74, 6) is -0.913. The zero-order chi connectivity index (χ0) is 24.0. The highest BCUT2D eigenvalue weighted by molar-refractivity contribution is 6.11. The molecule has 0 bridgehead atoms. The van der Waals surface area contributed by atoms with Crippen molar-refractivity contribution in [2.75, 3.05) is 6.54 Å². The number of halogens is 1. The van der Waals surface area contributed by atoms with Crippen LogP contribution in [0.5, 0.6) is 0 Å². The lowest BCUT2D eigenvalue weighted by molar-refractivity contribution is -0.131. The van der Waals surface area contributed by atoms with E-state index in [1.54, 1.807) is 18.2 Å². The number of hydrogen-bond acceptors (Lipinski definition) is 3. The lowest BCUT2D eigenvalue weighted by atomic mass is 9.78. The third kappa shape index (κ3) is 3.71. The molecule has 2 heterocycles. The number of nitrogens with zero attached hydrogens (tertiary/aromatic N) is 2. The van der Waals surface area contributed by atoms with Gasteiger partial charge in [-0.25, -0.2) is 9.18 Å². The van der Waals surface area contributed by atoms with Crippen molar-refractivity contribution in [3.8, 4) is 0 Å². The van der Waals surface area contributed by atoms with E-state index in [9.17, 15) is 18.8 Å². The van der Waals surface area contributed by atoms with E-state index in [0.717, 1.165) is 27.4 Å². The van der Waals surface area contributed by atoms with Crippen LogP contribution in [0.15, 0.2) is 54.6 Å². The first-order chi connectivity index (χ1) is 16.3. The van der Waals surface area contributed by atoms with Gasteiger partial charge in [0, 0.05) is 29.9 Å². The number of rotatable bonds is 5. The summed E-state index contributed by atoms with van der Waals surface area (Å²) in [7, 11) is 0. The number of aryl methyl sites for hydroxylation is 2. The molecule has 174 valence electrons. The fraction of sp³-hybridized carbons (Fsp3) is 0.296. The maximum atomic E-state index is 13.3. The number of nitrogens with one attached hydrogen (secondary N) is 1. The van der Waals surface area contributed by atoms with Crippen LogP contribution >= 0.6 is 0 Å². The van der Waals surface area contributed by atoms with Crippen LogP contribution in [-0.2, 0) is 24.2 Å². The van der Waals surface area contributed by atoms with Gasteiger partial charge in [0.1, 0.15) is 11.4 Å². The number of amides is 3. The van der Waals surface area contributed by atoms with Crippen LogP contribution in [0.1, 0.15) is 44.9 Å². The first kappa shape index (κ1) is 22.1. The Bertz CT molecular complexity index is 1310. The van der Waals surface area contributed by atoms with Gasteiger partial charge in [0.05, 0.1) is 6.54 Å². The molecule has 0 saturated carbocycles. The van der Waals surface area contributed by atoms with E-state index in [2.05, 4.69) is 5.32 Å². The van der Waals surface area contributed by atoms with Crippen LogP contribution < -0.4 is 5.32 Å². The van der Waals surface area contributed by atoms with E-state index in [4.69, 9.17) is 0 Å². The zero-order valence-corrected chi connectivity index (χ0v) is 19.2. The summed E-state index contributed by atoms with van der Waals surface area (Å²) < 4.78 is 15.2. The Morgan fingerprint density at radius 2 is 1.76 bits per heavy atom. The molecule has 1 aromatic heterocycles. The zero-order valence-electron chi connectivity index (χ0n) is 19.2. The van der Waals surface area contributed by atoms with Crippen LogP contribution in [0.25, 0.3) is 0 Å². The molecule has 5 rings (SSSR count). The van der Waals surface area contributed by atoms with Crippen molar-refractivity contribution in [1.29, 1.82) is 0 Å². The van der Waals surface area contributed by atoms with Crippen LogP contribution in [0.4, 0.5) is 9.18 Å². The summed E-state index contributed by atoms with van der Waals surface area (Å²) in [6.45, 7) is 3.94. The standard InChI is InChI=1S/C27H26FN3O3/c1-17-13-23(18(2)30(17)15-19-7-9-22(28)10-8-19)24(32)16-31-25(33)27(29-26(31)34)12-11-20-5-3-4-6-21(20)14-27/h3-10,13H,11-12,14-16H2,1-2H3,(H,29,34). The second-order valence-electron chi connectivity index (χ2n) is 9.27. The monoisotopic (exact) mass is 459 g/mol. The Hall–Kier alpha value is -3.74. The van der Waals surface area contributed by atoms with Crippen molar-refractivity contribution >= 4 is 17.7 Å². The van der Waals surface area contributed by atoms with Gasteiger partial charge in [0.15, 0.2) is 5.78 Å². The maximum Gasteiger partial charge on any atom is 0.325 e. The summed E-state index contributed by atoms with van der Waals surface area (Å²) in [4.78, 5) is 40.4. The molecule has 1 unspecified atom stereocenters. The number of carbonyl (C=O) groups is 3. The van der Waals surface area contributed by atoms with Crippen molar-refractivity contribution < 1.29 is 18.8 Å². The normalized spacial score (nSPS) is 19.4. The maximum absolute atomic E-state index is 13.3. The second-order valence-corrected chi connectivity index (χ2v) is 9.27. The molecule has 6 nitrogen and oxygen atoms in total. The molecular formula is C27H26FN3O3. The molecule has 7 heteroatoms. The minimum atomic E-state index is -0.981. The van der Waals surface area contributed by atoms with Gasteiger partial charge in [-0.05, 0) is 61.6 Å². The fourth-order valence-electron chi connectivity index (χ4n) is 5.17. The highest BCUT2D eigenvalue weighted by atomic mass is 19.1. The summed E-state index contributed by atoms with van der Waals surface area (Å²) >= 11 is 0. The van der Waals surface area contributed by atoms with E-state index in [-0.39, 0.29) is 24.1 Å². The van der Waals surface area contributed by atoms with Gasteiger partial charge in [0.25, 0.3) is 5.91 Å². The van der Waals surface area contributed by atoms with Gasteiger partial charge in [0.2, 0.25) is 0 Å². The number of aromatic nitrogens is 1. The minimum Gasteiger partial charge on any atom is -0.344 e. The Morgan fingerprint density at radius 3 is 2.50 bits per heavy atom. The van der Waals surface area contributed by atoms with Gasteiger partial charge in [-0.3, -0.25) is 14.5 Å². The predicted molar refractivity (Wildman–Crippen MR) is 125 cm³/mol. The Labute approximate surface area is 197 Å². The number of ketones is 1. The van der Waals surface area contributed by atoms with Crippen LogP contribution in [0.2, 0.25) is 0 Å². The molecule has 1 atom stereocenters. The van der Waals surface area contributed by atoms with E-state index in [1.165, 1.54) is 17.7 Å². The summed E-state index contributed by atoms with van der Waals surface area (Å²) in [6.07, 6.45) is 1.66. The number of benzene rings is 2. The van der Waals surface area contributed by atoms with Crippen molar-refractivity contribution in [3.05, 3.63) is 94.1 Å². The van der Waals surface area contributed by atoms with Crippen LogP contribution in [0.3, 0.4) is 0 Å². The molecular weight excluding hydrogens is 433 g/mol. The van der Waals surface area contributed by atoms with E-state index >= 15 is 0 Å². The number of hydrogen-bond donors (Lipinski definition) is 1. The predicted octanol–water partition coefficient (Wildman–Crippen LogP) is 3.95. The minimum absolute atomic E-state index is 0.282. The van der Waals surface area contributed by atoms with E-state index in [1.807, 2.05) is 42.7 Å². The van der Waals surface area contributed by atoms with Gasteiger partial charge in [-0.2, -0.15) is 0 Å². The first-order valence-corrected chi connectivity index (χ1v) is 11.4. The van der Waals surface area contributed by atoms with Gasteiger partial charge in [-0.1, -0.05) is 36.4 Å². The van der Waals surface area contributed by atoms with Gasteiger partial charge in [-0.15, -0.1) is 0 Å². The summed E-state index contributed by atoms with van der Waals surface area (Å²) in [5.41, 5.74) is 4.29. The molecule has 3 amide bonds. The molecule has 1 fully saturated rings. The number of fused-ring (bicyclic) bond motifs is 1. The largest absolute Gasteiger partial charge is 0.344 e. The van der Waals surface area contributed by atoms with E-state index < -0.39 is 11.6 Å². The van der Waals surface area contributed by atoms with Crippen molar-refractivity contribution in [2.24, 2.45) is 0 Å². The number of Topliss-reactive ketones (excluding diaryl/α,β-unsaturated/α-hetero) is 1. The second kappa shape index (κ2) is 8.24. The molecule has 1 aliphatic carbocycles. The molecule has 3 aromatic rings. The lowest BCUT2D eigenvalue weighted by Gasteiger charge is -2.32. The molecule has 34 heavy (non-hydrogen) atoms. The molecule has 1 aliphatic heterocycles. The Kier molecular flexibility index (Phi) is 5.35.